The minimum Gasteiger partial charge on any atom is -0.380 e. The van der Waals surface area contributed by atoms with Crippen molar-refractivity contribution in [3.8, 4) is 0 Å². The van der Waals surface area contributed by atoms with Gasteiger partial charge < -0.3 is 10.1 Å². The second-order valence-corrected chi connectivity index (χ2v) is 5.15. The molecule has 0 spiro atoms. The zero-order chi connectivity index (χ0) is 12.1. The van der Waals surface area contributed by atoms with Crippen LogP contribution < -0.4 is 5.32 Å². The summed E-state index contributed by atoms with van der Waals surface area (Å²) in [5.74, 6) is 0.836. The molecule has 0 heterocycles. The lowest BCUT2D eigenvalue weighted by atomic mass is 10.1. The zero-order valence-electron chi connectivity index (χ0n) is 10.9. The smallest absolute Gasteiger partial charge is 0.0713 e. The van der Waals surface area contributed by atoms with Crippen LogP contribution in [0.1, 0.15) is 37.3 Å². The summed E-state index contributed by atoms with van der Waals surface area (Å²) in [6.45, 7) is 4.04. The lowest BCUT2D eigenvalue weighted by Gasteiger charge is -2.17. The molecule has 0 aliphatic heterocycles. The van der Waals surface area contributed by atoms with Crippen LogP contribution >= 0.6 is 0 Å². The molecule has 1 aromatic carbocycles. The molecule has 2 nitrogen and oxygen atoms in total. The largest absolute Gasteiger partial charge is 0.380 e. The standard InChI is InChI=1S/C15H23NO/c1-12-4-3-5-15(12)16-10-13-6-8-14(9-7-13)11-17-2/h6-9,12,15-16H,3-5,10-11H2,1-2H3. The van der Waals surface area contributed by atoms with Gasteiger partial charge in [-0.05, 0) is 29.9 Å². The lowest BCUT2D eigenvalue weighted by molar-refractivity contribution is 0.185. The maximum atomic E-state index is 5.11. The Morgan fingerprint density at radius 3 is 2.47 bits per heavy atom. The van der Waals surface area contributed by atoms with E-state index in [2.05, 4.69) is 36.5 Å². The van der Waals surface area contributed by atoms with Crippen molar-refractivity contribution >= 4 is 0 Å². The van der Waals surface area contributed by atoms with Crippen LogP contribution in [0.4, 0.5) is 0 Å². The van der Waals surface area contributed by atoms with Gasteiger partial charge in [0, 0.05) is 19.7 Å². The molecule has 1 aliphatic rings. The molecule has 0 bridgehead atoms. The van der Waals surface area contributed by atoms with E-state index in [1.54, 1.807) is 7.11 Å². The molecule has 94 valence electrons. The Bertz CT molecular complexity index is 333. The van der Waals surface area contributed by atoms with Gasteiger partial charge in [-0.15, -0.1) is 0 Å². The maximum Gasteiger partial charge on any atom is 0.0713 e. The Morgan fingerprint density at radius 2 is 1.88 bits per heavy atom. The highest BCUT2D eigenvalue weighted by Crippen LogP contribution is 2.25. The first-order chi connectivity index (χ1) is 8.29. The van der Waals surface area contributed by atoms with Gasteiger partial charge in [-0.3, -0.25) is 0 Å². The molecule has 1 aliphatic carbocycles. The van der Waals surface area contributed by atoms with Crippen LogP contribution in [0.2, 0.25) is 0 Å². The van der Waals surface area contributed by atoms with E-state index in [0.717, 1.165) is 12.5 Å². The molecule has 2 unspecified atom stereocenters. The number of rotatable bonds is 5. The van der Waals surface area contributed by atoms with Crippen molar-refractivity contribution < 1.29 is 4.74 Å². The van der Waals surface area contributed by atoms with Crippen molar-refractivity contribution in [3.05, 3.63) is 35.4 Å². The molecule has 17 heavy (non-hydrogen) atoms. The molecule has 0 aromatic heterocycles. The second kappa shape index (κ2) is 6.18. The molecule has 2 atom stereocenters. The first-order valence-corrected chi connectivity index (χ1v) is 6.59. The minimum atomic E-state index is 0.702. The van der Waals surface area contributed by atoms with Crippen LogP contribution in [0.5, 0.6) is 0 Å². The summed E-state index contributed by atoms with van der Waals surface area (Å²) in [6.07, 6.45) is 4.10. The normalized spacial score (nSPS) is 24.1. The van der Waals surface area contributed by atoms with Gasteiger partial charge in [-0.2, -0.15) is 0 Å². The second-order valence-electron chi connectivity index (χ2n) is 5.15. The van der Waals surface area contributed by atoms with E-state index < -0.39 is 0 Å². The fourth-order valence-electron chi connectivity index (χ4n) is 2.62. The fourth-order valence-corrected chi connectivity index (χ4v) is 2.62. The van der Waals surface area contributed by atoms with Crippen molar-refractivity contribution in [3.63, 3.8) is 0 Å². The van der Waals surface area contributed by atoms with E-state index >= 15 is 0 Å². The van der Waals surface area contributed by atoms with Crippen LogP contribution in [0.25, 0.3) is 0 Å². The van der Waals surface area contributed by atoms with Crippen LogP contribution in [-0.2, 0) is 17.9 Å². The molecule has 0 radical (unpaired) electrons. The van der Waals surface area contributed by atoms with E-state index in [9.17, 15) is 0 Å². The molecule has 1 aromatic rings. The van der Waals surface area contributed by atoms with Gasteiger partial charge in [0.25, 0.3) is 0 Å². The third-order valence-electron chi connectivity index (χ3n) is 3.76. The molecule has 2 heteroatoms. The summed E-state index contributed by atoms with van der Waals surface area (Å²) in [5, 5.41) is 3.67. The van der Waals surface area contributed by atoms with Gasteiger partial charge >= 0.3 is 0 Å². The summed E-state index contributed by atoms with van der Waals surface area (Å²) in [4.78, 5) is 0. The molecule has 1 saturated carbocycles. The summed E-state index contributed by atoms with van der Waals surface area (Å²) >= 11 is 0. The first-order valence-electron chi connectivity index (χ1n) is 6.59. The number of ether oxygens (including phenoxy) is 1. The average molecular weight is 233 g/mol. The first kappa shape index (κ1) is 12.6. The summed E-state index contributed by atoms with van der Waals surface area (Å²) in [6, 6.07) is 9.41. The molecule has 0 amide bonds. The summed E-state index contributed by atoms with van der Waals surface area (Å²) < 4.78 is 5.11. The summed E-state index contributed by atoms with van der Waals surface area (Å²) in [5.41, 5.74) is 2.61. The highest BCUT2D eigenvalue weighted by molar-refractivity contribution is 5.22. The number of nitrogens with one attached hydrogen (secondary N) is 1. The Morgan fingerprint density at radius 1 is 1.18 bits per heavy atom. The van der Waals surface area contributed by atoms with E-state index in [1.165, 1.54) is 30.4 Å². The van der Waals surface area contributed by atoms with Gasteiger partial charge in [0.2, 0.25) is 0 Å². The Balaban J connectivity index is 1.82. The van der Waals surface area contributed by atoms with Crippen molar-refractivity contribution in [2.75, 3.05) is 7.11 Å². The molecule has 1 fully saturated rings. The predicted molar refractivity (Wildman–Crippen MR) is 70.8 cm³/mol. The number of hydrogen-bond acceptors (Lipinski definition) is 2. The van der Waals surface area contributed by atoms with Gasteiger partial charge in [0.1, 0.15) is 0 Å². The van der Waals surface area contributed by atoms with Gasteiger partial charge in [-0.1, -0.05) is 37.6 Å². The summed E-state index contributed by atoms with van der Waals surface area (Å²) in [7, 11) is 1.73. The van der Waals surface area contributed by atoms with E-state index in [-0.39, 0.29) is 0 Å². The van der Waals surface area contributed by atoms with Crippen molar-refractivity contribution in [1.82, 2.24) is 5.32 Å². The fraction of sp³-hybridized carbons (Fsp3) is 0.600. The molecule has 0 saturated heterocycles. The van der Waals surface area contributed by atoms with Crippen molar-refractivity contribution in [2.45, 2.75) is 45.4 Å². The molecule has 1 N–H and O–H groups in total. The van der Waals surface area contributed by atoms with E-state index in [1.807, 2.05) is 0 Å². The third-order valence-corrected chi connectivity index (χ3v) is 3.76. The Kier molecular flexibility index (Phi) is 4.57. The maximum absolute atomic E-state index is 5.11. The average Bonchev–Trinajstić information content (AvgIpc) is 2.75. The van der Waals surface area contributed by atoms with Crippen LogP contribution in [-0.4, -0.2) is 13.2 Å². The topological polar surface area (TPSA) is 21.3 Å². The Labute approximate surface area is 104 Å². The van der Waals surface area contributed by atoms with Gasteiger partial charge in [0.05, 0.1) is 6.61 Å². The minimum absolute atomic E-state index is 0.702. The van der Waals surface area contributed by atoms with E-state index in [0.29, 0.717) is 12.6 Å². The highest BCUT2D eigenvalue weighted by atomic mass is 16.5. The Hall–Kier alpha value is -0.860. The van der Waals surface area contributed by atoms with Crippen LogP contribution in [0.15, 0.2) is 24.3 Å². The lowest BCUT2D eigenvalue weighted by Crippen LogP contribution is -2.30. The SMILES string of the molecule is COCc1ccc(CNC2CCCC2C)cc1. The van der Waals surface area contributed by atoms with Crippen LogP contribution in [0.3, 0.4) is 0 Å². The highest BCUT2D eigenvalue weighted by Gasteiger charge is 2.22. The van der Waals surface area contributed by atoms with Crippen LogP contribution in [0, 0.1) is 5.92 Å². The third kappa shape index (κ3) is 3.55. The number of benzene rings is 1. The zero-order valence-corrected chi connectivity index (χ0v) is 10.9. The molecule has 2 rings (SSSR count). The predicted octanol–water partition coefficient (Wildman–Crippen LogP) is 3.11. The number of hydrogen-bond donors (Lipinski definition) is 1. The molecular weight excluding hydrogens is 210 g/mol. The molecular formula is C15H23NO. The van der Waals surface area contributed by atoms with Crippen molar-refractivity contribution in [1.29, 1.82) is 0 Å². The quantitative estimate of drug-likeness (QED) is 0.843. The van der Waals surface area contributed by atoms with Gasteiger partial charge in [0.15, 0.2) is 0 Å². The monoisotopic (exact) mass is 233 g/mol. The number of methoxy groups -OCH3 is 1. The van der Waals surface area contributed by atoms with Crippen molar-refractivity contribution in [2.24, 2.45) is 5.92 Å². The van der Waals surface area contributed by atoms with E-state index in [4.69, 9.17) is 4.74 Å². The van der Waals surface area contributed by atoms with Gasteiger partial charge in [-0.25, -0.2) is 0 Å².